The van der Waals surface area contributed by atoms with E-state index in [1.165, 1.54) is 13.2 Å². The highest BCUT2D eigenvalue weighted by Gasteiger charge is 2.18. The van der Waals surface area contributed by atoms with Crippen molar-refractivity contribution in [2.24, 2.45) is 0 Å². The van der Waals surface area contributed by atoms with Crippen LogP contribution in [0.3, 0.4) is 0 Å². The Hall–Kier alpha value is -3.85. The number of nitrogens with one attached hydrogen (secondary N) is 1. The Kier molecular flexibility index (Phi) is 9.04. The van der Waals surface area contributed by atoms with Gasteiger partial charge in [0.25, 0.3) is 11.8 Å². The van der Waals surface area contributed by atoms with Gasteiger partial charge in [-0.3, -0.25) is 9.59 Å². The van der Waals surface area contributed by atoms with Crippen LogP contribution in [0.4, 0.5) is 5.69 Å². The molecule has 2 aromatic carbocycles. The molecule has 0 saturated carbocycles. The molecule has 2 amide bonds. The zero-order chi connectivity index (χ0) is 24.3. The molecule has 3 rings (SSSR count). The Labute approximate surface area is 198 Å². The second-order valence-electron chi connectivity index (χ2n) is 7.31. The number of esters is 1. The molecule has 1 N–H and O–H groups in total. The first kappa shape index (κ1) is 24.8. The molecular formula is C25H28N2O7. The minimum atomic E-state index is -0.410. The van der Waals surface area contributed by atoms with Gasteiger partial charge in [0.15, 0.2) is 18.1 Å². The monoisotopic (exact) mass is 468 g/mol. The van der Waals surface area contributed by atoms with Gasteiger partial charge in [-0.2, -0.15) is 0 Å². The van der Waals surface area contributed by atoms with Gasteiger partial charge in [-0.15, -0.1) is 0 Å². The number of hydrogen-bond acceptors (Lipinski definition) is 7. The molecule has 0 radical (unpaired) electrons. The van der Waals surface area contributed by atoms with Crippen LogP contribution in [-0.4, -0.2) is 69.3 Å². The van der Waals surface area contributed by atoms with Crippen LogP contribution in [0.2, 0.25) is 0 Å². The molecule has 1 heterocycles. The summed E-state index contributed by atoms with van der Waals surface area (Å²) in [6.07, 6.45) is 2.98. The maximum atomic E-state index is 12.7. The molecule has 1 aliphatic heterocycles. The van der Waals surface area contributed by atoms with E-state index in [0.29, 0.717) is 55.7 Å². The lowest BCUT2D eigenvalue weighted by atomic mass is 10.1. The van der Waals surface area contributed by atoms with Gasteiger partial charge in [0.2, 0.25) is 0 Å². The molecule has 180 valence electrons. The number of methoxy groups -OCH3 is 1. The quantitative estimate of drug-likeness (QED) is 0.446. The van der Waals surface area contributed by atoms with Crippen molar-refractivity contribution in [2.75, 3.05) is 51.9 Å². The molecular weight excluding hydrogens is 440 g/mol. The largest absolute Gasteiger partial charge is 0.493 e. The summed E-state index contributed by atoms with van der Waals surface area (Å²) in [5, 5.41) is 2.81. The lowest BCUT2D eigenvalue weighted by Gasteiger charge is -2.26. The van der Waals surface area contributed by atoms with Crippen LogP contribution in [0.15, 0.2) is 48.5 Å². The molecule has 1 aliphatic rings. The van der Waals surface area contributed by atoms with Gasteiger partial charge in [-0.05, 0) is 48.9 Å². The van der Waals surface area contributed by atoms with E-state index < -0.39 is 5.97 Å². The van der Waals surface area contributed by atoms with Crippen LogP contribution >= 0.6 is 0 Å². The SMILES string of the molecule is CCOC(=O)C=Cc1ccc(NC(=O)c2ccc(OCC(=O)N3CCOCC3)c(OC)c2)cc1. The third kappa shape index (κ3) is 7.08. The number of amides is 2. The summed E-state index contributed by atoms with van der Waals surface area (Å²) < 4.78 is 21.1. The van der Waals surface area contributed by atoms with Crippen molar-refractivity contribution in [1.29, 1.82) is 0 Å². The van der Waals surface area contributed by atoms with Gasteiger partial charge in [0.1, 0.15) is 0 Å². The Morgan fingerprint density at radius 1 is 1.06 bits per heavy atom. The second-order valence-corrected chi connectivity index (χ2v) is 7.31. The zero-order valence-corrected chi connectivity index (χ0v) is 19.2. The minimum absolute atomic E-state index is 0.126. The third-order valence-electron chi connectivity index (χ3n) is 5.01. The summed E-state index contributed by atoms with van der Waals surface area (Å²) in [5.41, 5.74) is 1.75. The van der Waals surface area contributed by atoms with E-state index in [9.17, 15) is 14.4 Å². The van der Waals surface area contributed by atoms with Gasteiger partial charge >= 0.3 is 5.97 Å². The van der Waals surface area contributed by atoms with Crippen LogP contribution in [0.5, 0.6) is 11.5 Å². The van der Waals surface area contributed by atoms with Crippen molar-refractivity contribution < 1.29 is 33.3 Å². The molecule has 0 bridgehead atoms. The van der Waals surface area contributed by atoms with E-state index in [-0.39, 0.29) is 18.4 Å². The predicted molar refractivity (Wildman–Crippen MR) is 126 cm³/mol. The fraction of sp³-hybridized carbons (Fsp3) is 0.320. The molecule has 1 saturated heterocycles. The van der Waals surface area contributed by atoms with E-state index in [2.05, 4.69) is 5.32 Å². The van der Waals surface area contributed by atoms with E-state index in [1.807, 2.05) is 0 Å². The smallest absolute Gasteiger partial charge is 0.330 e. The fourth-order valence-electron chi connectivity index (χ4n) is 3.21. The Morgan fingerprint density at radius 3 is 2.47 bits per heavy atom. The molecule has 0 spiro atoms. The van der Waals surface area contributed by atoms with E-state index in [0.717, 1.165) is 5.56 Å². The first-order chi connectivity index (χ1) is 16.5. The summed E-state index contributed by atoms with van der Waals surface area (Å²) in [6, 6.07) is 11.8. The summed E-state index contributed by atoms with van der Waals surface area (Å²) in [7, 11) is 1.47. The van der Waals surface area contributed by atoms with Gasteiger partial charge < -0.3 is 29.2 Å². The molecule has 0 unspecified atom stereocenters. The van der Waals surface area contributed by atoms with Crippen LogP contribution in [-0.2, 0) is 19.1 Å². The molecule has 1 fully saturated rings. The highest BCUT2D eigenvalue weighted by atomic mass is 16.5. The van der Waals surface area contributed by atoms with Crippen molar-refractivity contribution in [3.8, 4) is 11.5 Å². The number of carbonyl (C=O) groups is 3. The summed E-state index contributed by atoms with van der Waals surface area (Å²) in [4.78, 5) is 38.1. The highest BCUT2D eigenvalue weighted by Crippen LogP contribution is 2.28. The molecule has 0 aromatic heterocycles. The van der Waals surface area contributed by atoms with E-state index in [4.69, 9.17) is 18.9 Å². The van der Waals surface area contributed by atoms with Crippen LogP contribution in [0.1, 0.15) is 22.8 Å². The topological polar surface area (TPSA) is 103 Å². The lowest BCUT2D eigenvalue weighted by molar-refractivity contribution is -0.138. The number of ether oxygens (including phenoxy) is 4. The normalized spacial score (nSPS) is 13.4. The number of hydrogen-bond donors (Lipinski definition) is 1. The van der Waals surface area contributed by atoms with Gasteiger partial charge in [0, 0.05) is 30.4 Å². The van der Waals surface area contributed by atoms with Crippen molar-refractivity contribution in [3.63, 3.8) is 0 Å². The van der Waals surface area contributed by atoms with Crippen molar-refractivity contribution in [3.05, 3.63) is 59.7 Å². The summed E-state index contributed by atoms with van der Waals surface area (Å²) in [6.45, 7) is 4.06. The second kappa shape index (κ2) is 12.4. The molecule has 0 atom stereocenters. The van der Waals surface area contributed by atoms with Gasteiger partial charge in [0.05, 0.1) is 26.9 Å². The van der Waals surface area contributed by atoms with E-state index >= 15 is 0 Å². The number of rotatable bonds is 9. The minimum Gasteiger partial charge on any atom is -0.493 e. The first-order valence-corrected chi connectivity index (χ1v) is 10.9. The number of anilines is 1. The Balaban J connectivity index is 1.58. The summed E-state index contributed by atoms with van der Waals surface area (Å²) >= 11 is 0. The maximum absolute atomic E-state index is 12.7. The fourth-order valence-corrected chi connectivity index (χ4v) is 3.21. The average Bonchev–Trinajstić information content (AvgIpc) is 2.87. The van der Waals surface area contributed by atoms with Crippen molar-refractivity contribution >= 4 is 29.5 Å². The predicted octanol–water partition coefficient (Wildman–Crippen LogP) is 2.76. The Bertz CT molecular complexity index is 1030. The number of morpholine rings is 1. The zero-order valence-electron chi connectivity index (χ0n) is 19.2. The number of benzene rings is 2. The first-order valence-electron chi connectivity index (χ1n) is 10.9. The Morgan fingerprint density at radius 2 is 1.79 bits per heavy atom. The number of carbonyl (C=O) groups excluding carboxylic acids is 3. The third-order valence-corrected chi connectivity index (χ3v) is 5.01. The molecule has 2 aromatic rings. The van der Waals surface area contributed by atoms with Crippen molar-refractivity contribution in [2.45, 2.75) is 6.92 Å². The average molecular weight is 469 g/mol. The highest BCUT2D eigenvalue weighted by molar-refractivity contribution is 6.04. The lowest BCUT2D eigenvalue weighted by Crippen LogP contribution is -2.43. The van der Waals surface area contributed by atoms with E-state index in [1.54, 1.807) is 60.4 Å². The molecule has 9 heteroatoms. The van der Waals surface area contributed by atoms with Gasteiger partial charge in [-0.25, -0.2) is 4.79 Å². The standard InChI is InChI=1S/C25H28N2O7/c1-3-33-24(29)11-6-18-4-8-20(9-5-18)26-25(30)19-7-10-21(22(16-19)31-2)34-17-23(28)27-12-14-32-15-13-27/h4-11,16H,3,12-15,17H2,1-2H3,(H,26,30). The number of nitrogens with zero attached hydrogens (tertiary/aromatic N) is 1. The molecule has 9 nitrogen and oxygen atoms in total. The van der Waals surface area contributed by atoms with Crippen LogP contribution in [0, 0.1) is 0 Å². The van der Waals surface area contributed by atoms with Crippen LogP contribution < -0.4 is 14.8 Å². The van der Waals surface area contributed by atoms with Crippen LogP contribution in [0.25, 0.3) is 6.08 Å². The van der Waals surface area contributed by atoms with Gasteiger partial charge in [-0.1, -0.05) is 12.1 Å². The summed E-state index contributed by atoms with van der Waals surface area (Å²) in [5.74, 6) is -0.149. The molecule has 0 aliphatic carbocycles. The molecule has 34 heavy (non-hydrogen) atoms. The maximum Gasteiger partial charge on any atom is 0.330 e. The van der Waals surface area contributed by atoms with Crippen molar-refractivity contribution in [1.82, 2.24) is 4.90 Å².